The van der Waals surface area contributed by atoms with Gasteiger partial charge in [0.25, 0.3) is 0 Å². The van der Waals surface area contributed by atoms with Crippen molar-refractivity contribution in [3.63, 3.8) is 0 Å². The van der Waals surface area contributed by atoms with Gasteiger partial charge in [0.2, 0.25) is 0 Å². The summed E-state index contributed by atoms with van der Waals surface area (Å²) in [5.74, 6) is -0.363. The van der Waals surface area contributed by atoms with Crippen LogP contribution in [-0.4, -0.2) is 41.0 Å². The SMILES string of the molecule is CCOC(=O)c1nc2ccccn2c1CN(C)C. The first-order valence-corrected chi connectivity index (χ1v) is 5.91. The number of fused-ring (bicyclic) bond motifs is 1. The highest BCUT2D eigenvalue weighted by Crippen LogP contribution is 2.15. The molecule has 0 aliphatic rings. The number of ether oxygens (including phenoxy) is 1. The van der Waals surface area contributed by atoms with Crippen molar-refractivity contribution in [2.75, 3.05) is 20.7 Å². The first-order valence-electron chi connectivity index (χ1n) is 5.91. The third-order valence-electron chi connectivity index (χ3n) is 2.56. The summed E-state index contributed by atoms with van der Waals surface area (Å²) in [5, 5.41) is 0. The quantitative estimate of drug-likeness (QED) is 0.769. The number of aromatic nitrogens is 2. The monoisotopic (exact) mass is 247 g/mol. The molecule has 0 aliphatic heterocycles. The van der Waals surface area contributed by atoms with Crippen LogP contribution in [0.3, 0.4) is 0 Å². The van der Waals surface area contributed by atoms with E-state index in [9.17, 15) is 4.79 Å². The van der Waals surface area contributed by atoms with Crippen molar-refractivity contribution in [3.05, 3.63) is 35.8 Å². The van der Waals surface area contributed by atoms with Crippen molar-refractivity contribution in [2.24, 2.45) is 0 Å². The molecule has 0 N–H and O–H groups in total. The van der Waals surface area contributed by atoms with Gasteiger partial charge in [-0.1, -0.05) is 6.07 Å². The molecule has 0 atom stereocenters. The predicted molar refractivity (Wildman–Crippen MR) is 68.5 cm³/mol. The van der Waals surface area contributed by atoms with E-state index in [2.05, 4.69) is 4.98 Å². The van der Waals surface area contributed by atoms with Gasteiger partial charge in [-0.15, -0.1) is 0 Å². The highest BCUT2D eigenvalue weighted by molar-refractivity contribution is 5.89. The molecular formula is C13H17N3O2. The summed E-state index contributed by atoms with van der Waals surface area (Å²) in [5.41, 5.74) is 2.02. The van der Waals surface area contributed by atoms with Gasteiger partial charge in [0.05, 0.1) is 12.3 Å². The highest BCUT2D eigenvalue weighted by Gasteiger charge is 2.19. The minimum atomic E-state index is -0.363. The lowest BCUT2D eigenvalue weighted by Gasteiger charge is -2.10. The Morgan fingerprint density at radius 2 is 2.22 bits per heavy atom. The fourth-order valence-corrected chi connectivity index (χ4v) is 1.86. The molecule has 0 bridgehead atoms. The summed E-state index contributed by atoms with van der Waals surface area (Å²) in [4.78, 5) is 18.2. The van der Waals surface area contributed by atoms with Crippen molar-refractivity contribution in [1.29, 1.82) is 0 Å². The first-order chi connectivity index (χ1) is 8.63. The second-order valence-corrected chi connectivity index (χ2v) is 4.29. The maximum atomic E-state index is 11.9. The molecule has 2 rings (SSSR count). The second kappa shape index (κ2) is 5.18. The van der Waals surface area contributed by atoms with Gasteiger partial charge in [0, 0.05) is 12.7 Å². The number of nitrogens with zero attached hydrogens (tertiary/aromatic N) is 3. The number of imidazole rings is 1. The van der Waals surface area contributed by atoms with Gasteiger partial charge in [0.15, 0.2) is 5.69 Å². The van der Waals surface area contributed by atoms with Crippen molar-refractivity contribution in [2.45, 2.75) is 13.5 Å². The summed E-state index contributed by atoms with van der Waals surface area (Å²) in [7, 11) is 3.91. The zero-order chi connectivity index (χ0) is 13.1. The van der Waals surface area contributed by atoms with E-state index < -0.39 is 0 Å². The van der Waals surface area contributed by atoms with Crippen molar-refractivity contribution < 1.29 is 9.53 Å². The molecule has 0 aliphatic carbocycles. The molecular weight excluding hydrogens is 230 g/mol. The molecule has 0 radical (unpaired) electrons. The summed E-state index contributed by atoms with van der Waals surface area (Å²) in [6.45, 7) is 2.78. The molecule has 0 spiro atoms. The Hall–Kier alpha value is -1.88. The van der Waals surface area contributed by atoms with E-state index in [1.165, 1.54) is 0 Å². The van der Waals surface area contributed by atoms with Crippen molar-refractivity contribution in [3.8, 4) is 0 Å². The minimum Gasteiger partial charge on any atom is -0.461 e. The molecule has 96 valence electrons. The Labute approximate surface area is 106 Å². The highest BCUT2D eigenvalue weighted by atomic mass is 16.5. The Bertz CT molecular complexity index is 560. The summed E-state index contributed by atoms with van der Waals surface area (Å²) in [6.07, 6.45) is 1.91. The number of esters is 1. The van der Waals surface area contributed by atoms with E-state index >= 15 is 0 Å². The van der Waals surface area contributed by atoms with E-state index in [4.69, 9.17) is 4.74 Å². The Kier molecular flexibility index (Phi) is 3.62. The van der Waals surface area contributed by atoms with Gasteiger partial charge < -0.3 is 14.0 Å². The molecule has 5 heteroatoms. The average molecular weight is 247 g/mol. The zero-order valence-electron chi connectivity index (χ0n) is 10.9. The van der Waals surface area contributed by atoms with Crippen LogP contribution in [0.2, 0.25) is 0 Å². The van der Waals surface area contributed by atoms with E-state index in [0.717, 1.165) is 11.3 Å². The van der Waals surface area contributed by atoms with E-state index in [1.807, 2.05) is 47.8 Å². The molecule has 5 nitrogen and oxygen atoms in total. The average Bonchev–Trinajstić information content (AvgIpc) is 2.68. The van der Waals surface area contributed by atoms with Crippen LogP contribution >= 0.6 is 0 Å². The van der Waals surface area contributed by atoms with Gasteiger partial charge >= 0.3 is 5.97 Å². The minimum absolute atomic E-state index is 0.355. The predicted octanol–water partition coefficient (Wildman–Crippen LogP) is 1.57. The number of carbonyl (C=O) groups excluding carboxylic acids is 1. The number of hydrogen-bond donors (Lipinski definition) is 0. The Balaban J connectivity index is 2.53. The third kappa shape index (κ3) is 2.36. The maximum absolute atomic E-state index is 11.9. The Morgan fingerprint density at radius 3 is 2.89 bits per heavy atom. The largest absolute Gasteiger partial charge is 0.461 e. The van der Waals surface area contributed by atoms with E-state index in [0.29, 0.717) is 18.8 Å². The Morgan fingerprint density at radius 1 is 1.44 bits per heavy atom. The van der Waals surface area contributed by atoms with E-state index in [-0.39, 0.29) is 5.97 Å². The standard InChI is InChI=1S/C13H17N3O2/c1-4-18-13(17)12-10(9-15(2)3)16-8-6-5-7-11(16)14-12/h5-8H,4,9H2,1-3H3. The van der Waals surface area contributed by atoms with Crippen LogP contribution in [0.15, 0.2) is 24.4 Å². The summed E-state index contributed by atoms with van der Waals surface area (Å²) >= 11 is 0. The molecule has 0 aromatic carbocycles. The molecule has 2 aromatic heterocycles. The van der Waals surface area contributed by atoms with Crippen LogP contribution in [-0.2, 0) is 11.3 Å². The fraction of sp³-hybridized carbons (Fsp3) is 0.385. The maximum Gasteiger partial charge on any atom is 0.358 e. The van der Waals surface area contributed by atoms with Crippen LogP contribution in [0.25, 0.3) is 5.65 Å². The van der Waals surface area contributed by atoms with Crippen LogP contribution in [0.1, 0.15) is 23.1 Å². The molecule has 18 heavy (non-hydrogen) atoms. The van der Waals surface area contributed by atoms with Crippen LogP contribution in [0, 0.1) is 0 Å². The molecule has 0 fully saturated rings. The molecule has 0 saturated heterocycles. The number of pyridine rings is 1. The van der Waals surface area contributed by atoms with Gasteiger partial charge in [-0.3, -0.25) is 0 Å². The summed E-state index contributed by atoms with van der Waals surface area (Å²) < 4.78 is 6.97. The van der Waals surface area contributed by atoms with Crippen LogP contribution in [0.4, 0.5) is 0 Å². The van der Waals surface area contributed by atoms with Gasteiger partial charge in [-0.05, 0) is 33.2 Å². The zero-order valence-corrected chi connectivity index (χ0v) is 10.9. The van der Waals surface area contributed by atoms with Gasteiger partial charge in [0.1, 0.15) is 5.65 Å². The van der Waals surface area contributed by atoms with Gasteiger partial charge in [-0.25, -0.2) is 9.78 Å². The van der Waals surface area contributed by atoms with Gasteiger partial charge in [-0.2, -0.15) is 0 Å². The third-order valence-corrected chi connectivity index (χ3v) is 2.56. The summed E-state index contributed by atoms with van der Waals surface area (Å²) in [6, 6.07) is 5.70. The lowest BCUT2D eigenvalue weighted by molar-refractivity contribution is 0.0518. The normalized spacial score (nSPS) is 11.1. The molecule has 0 amide bonds. The van der Waals surface area contributed by atoms with Crippen molar-refractivity contribution in [1.82, 2.24) is 14.3 Å². The van der Waals surface area contributed by atoms with Crippen LogP contribution in [0.5, 0.6) is 0 Å². The fourth-order valence-electron chi connectivity index (χ4n) is 1.86. The number of hydrogen-bond acceptors (Lipinski definition) is 4. The first kappa shape index (κ1) is 12.6. The van der Waals surface area contributed by atoms with E-state index in [1.54, 1.807) is 6.92 Å². The molecule has 2 heterocycles. The smallest absolute Gasteiger partial charge is 0.358 e. The second-order valence-electron chi connectivity index (χ2n) is 4.29. The number of carbonyl (C=O) groups is 1. The lowest BCUT2D eigenvalue weighted by atomic mass is 10.3. The molecule has 0 unspecified atom stereocenters. The number of rotatable bonds is 4. The topological polar surface area (TPSA) is 46.8 Å². The molecule has 2 aromatic rings. The lowest BCUT2D eigenvalue weighted by Crippen LogP contribution is -2.16. The van der Waals surface area contributed by atoms with Crippen LogP contribution < -0.4 is 0 Å². The van der Waals surface area contributed by atoms with Crippen molar-refractivity contribution >= 4 is 11.6 Å². The molecule has 0 saturated carbocycles.